The summed E-state index contributed by atoms with van der Waals surface area (Å²) < 4.78 is 0. The summed E-state index contributed by atoms with van der Waals surface area (Å²) in [4.78, 5) is 11.8. The molecule has 0 aliphatic heterocycles. The van der Waals surface area contributed by atoms with E-state index in [4.69, 9.17) is 0 Å². The smallest absolute Gasteiger partial charge is 0.335 e. The summed E-state index contributed by atoms with van der Waals surface area (Å²) >= 11 is 0. The summed E-state index contributed by atoms with van der Waals surface area (Å²) in [5, 5.41) is 16.1. The first-order chi connectivity index (χ1) is 16.0. The SMILES string of the molecule is Cc1ccc(C2CC(NC(C)c3cccc4ccccc34)Cc3ccccc32)cc1C(=O)O. The van der Waals surface area contributed by atoms with Crippen molar-refractivity contribution in [3.8, 4) is 0 Å². The van der Waals surface area contributed by atoms with Crippen molar-refractivity contribution in [2.24, 2.45) is 0 Å². The average Bonchev–Trinajstić information content (AvgIpc) is 2.83. The van der Waals surface area contributed by atoms with Gasteiger partial charge in [0.05, 0.1) is 5.56 Å². The molecule has 1 aliphatic rings. The van der Waals surface area contributed by atoms with Gasteiger partial charge in [-0.15, -0.1) is 0 Å². The summed E-state index contributed by atoms with van der Waals surface area (Å²) in [5.41, 5.74) is 6.24. The van der Waals surface area contributed by atoms with Crippen LogP contribution in [0.3, 0.4) is 0 Å². The van der Waals surface area contributed by atoms with Crippen molar-refractivity contribution >= 4 is 16.7 Å². The van der Waals surface area contributed by atoms with Crippen molar-refractivity contribution in [2.75, 3.05) is 0 Å². The van der Waals surface area contributed by atoms with E-state index in [1.165, 1.54) is 27.5 Å². The van der Waals surface area contributed by atoms with Crippen molar-refractivity contribution in [3.63, 3.8) is 0 Å². The Kier molecular flexibility index (Phi) is 5.74. The molecule has 0 amide bonds. The third-order valence-electron chi connectivity index (χ3n) is 7.09. The minimum atomic E-state index is -0.863. The molecule has 0 fully saturated rings. The number of carboxylic acid groups (broad SMARTS) is 1. The van der Waals surface area contributed by atoms with Gasteiger partial charge in [0.15, 0.2) is 0 Å². The van der Waals surface area contributed by atoms with Gasteiger partial charge >= 0.3 is 5.97 Å². The standard InChI is InChI=1S/C30H29NO2/c1-19-14-15-23(17-28(19)30(32)33)29-18-24(16-22-9-4-6-12-27(22)29)31-20(2)25-13-7-10-21-8-3-5-11-26(21)25/h3-15,17,20,24,29,31H,16,18H2,1-2H3,(H,32,33). The van der Waals surface area contributed by atoms with Gasteiger partial charge in [-0.2, -0.15) is 0 Å². The van der Waals surface area contributed by atoms with Crippen molar-refractivity contribution < 1.29 is 9.90 Å². The fraction of sp³-hybridized carbons (Fsp3) is 0.233. The fourth-order valence-corrected chi connectivity index (χ4v) is 5.42. The summed E-state index contributed by atoms with van der Waals surface area (Å²) in [7, 11) is 0. The first kappa shape index (κ1) is 21.4. The van der Waals surface area contributed by atoms with Crippen molar-refractivity contribution in [3.05, 3.63) is 118 Å². The second-order valence-electron chi connectivity index (χ2n) is 9.22. The van der Waals surface area contributed by atoms with Crippen LogP contribution < -0.4 is 5.32 Å². The number of nitrogens with one attached hydrogen (secondary N) is 1. The maximum absolute atomic E-state index is 11.8. The van der Waals surface area contributed by atoms with Crippen LogP contribution in [-0.2, 0) is 6.42 Å². The molecule has 0 bridgehead atoms. The van der Waals surface area contributed by atoms with Crippen molar-refractivity contribution in [1.82, 2.24) is 5.32 Å². The van der Waals surface area contributed by atoms with Crippen molar-refractivity contribution in [2.45, 2.75) is 44.7 Å². The van der Waals surface area contributed by atoms with Crippen LogP contribution in [0.4, 0.5) is 0 Å². The van der Waals surface area contributed by atoms with Crippen LogP contribution in [0.25, 0.3) is 10.8 Å². The summed E-state index contributed by atoms with van der Waals surface area (Å²) in [6, 6.07) is 30.1. The van der Waals surface area contributed by atoms with E-state index in [-0.39, 0.29) is 12.0 Å². The Morgan fingerprint density at radius 1 is 0.970 bits per heavy atom. The topological polar surface area (TPSA) is 49.3 Å². The van der Waals surface area contributed by atoms with E-state index in [2.05, 4.69) is 85.0 Å². The third kappa shape index (κ3) is 4.17. The molecule has 0 radical (unpaired) electrons. The Hall–Kier alpha value is -3.43. The van der Waals surface area contributed by atoms with E-state index >= 15 is 0 Å². The summed E-state index contributed by atoms with van der Waals surface area (Å²) in [6.07, 6.45) is 1.91. The third-order valence-corrected chi connectivity index (χ3v) is 7.09. The molecule has 4 aromatic rings. The maximum Gasteiger partial charge on any atom is 0.335 e. The number of aryl methyl sites for hydroxylation is 1. The highest BCUT2D eigenvalue weighted by Crippen LogP contribution is 2.38. The number of carbonyl (C=O) groups is 1. The predicted molar refractivity (Wildman–Crippen MR) is 134 cm³/mol. The Labute approximate surface area is 195 Å². The van der Waals surface area contributed by atoms with E-state index in [0.29, 0.717) is 11.6 Å². The Morgan fingerprint density at radius 3 is 2.58 bits per heavy atom. The zero-order chi connectivity index (χ0) is 22.9. The highest BCUT2D eigenvalue weighted by molar-refractivity contribution is 5.89. The van der Waals surface area contributed by atoms with Crippen LogP contribution in [0.15, 0.2) is 84.9 Å². The molecule has 0 saturated heterocycles. The summed E-state index contributed by atoms with van der Waals surface area (Å²) in [6.45, 7) is 4.10. The van der Waals surface area contributed by atoms with Gasteiger partial charge in [-0.3, -0.25) is 0 Å². The number of hydrogen-bond donors (Lipinski definition) is 2. The zero-order valence-corrected chi connectivity index (χ0v) is 19.1. The van der Waals surface area contributed by atoms with Crippen LogP contribution in [-0.4, -0.2) is 17.1 Å². The molecule has 3 unspecified atom stereocenters. The molecule has 3 atom stereocenters. The van der Waals surface area contributed by atoms with Crippen LogP contribution in [0.1, 0.15) is 63.5 Å². The lowest BCUT2D eigenvalue weighted by Gasteiger charge is -2.34. The predicted octanol–water partition coefficient (Wildman–Crippen LogP) is 6.64. The van der Waals surface area contributed by atoms with Gasteiger partial charge in [0.25, 0.3) is 0 Å². The van der Waals surface area contributed by atoms with Crippen LogP contribution in [0.5, 0.6) is 0 Å². The Bertz CT molecular complexity index is 1320. The van der Waals surface area contributed by atoms with Crippen LogP contribution >= 0.6 is 0 Å². The maximum atomic E-state index is 11.8. The molecule has 166 valence electrons. The number of carboxylic acids is 1. The van der Waals surface area contributed by atoms with Crippen LogP contribution in [0.2, 0.25) is 0 Å². The van der Waals surface area contributed by atoms with E-state index < -0.39 is 5.97 Å². The van der Waals surface area contributed by atoms with Gasteiger partial charge in [-0.25, -0.2) is 4.79 Å². The average molecular weight is 436 g/mol. The summed E-state index contributed by atoms with van der Waals surface area (Å²) in [5.74, 6) is -0.691. The normalized spacial score (nSPS) is 18.6. The lowest BCUT2D eigenvalue weighted by Crippen LogP contribution is -2.38. The molecule has 0 aromatic heterocycles. The molecule has 3 heteroatoms. The number of fused-ring (bicyclic) bond motifs is 2. The van der Waals surface area contributed by atoms with E-state index in [1.807, 2.05) is 19.1 Å². The Balaban J connectivity index is 1.47. The van der Waals surface area contributed by atoms with E-state index in [1.54, 1.807) is 0 Å². The quantitative estimate of drug-likeness (QED) is 0.369. The lowest BCUT2D eigenvalue weighted by molar-refractivity contribution is 0.0696. The van der Waals surface area contributed by atoms with Gasteiger partial charge in [0.1, 0.15) is 0 Å². The fourth-order valence-electron chi connectivity index (χ4n) is 5.42. The second kappa shape index (κ2) is 8.84. The molecular formula is C30H29NO2. The molecule has 5 rings (SSSR count). The second-order valence-corrected chi connectivity index (χ2v) is 9.22. The first-order valence-corrected chi connectivity index (χ1v) is 11.7. The molecule has 0 heterocycles. The molecule has 4 aromatic carbocycles. The van der Waals surface area contributed by atoms with Gasteiger partial charge in [0, 0.05) is 18.0 Å². The number of aromatic carboxylic acids is 1. The number of rotatable bonds is 5. The number of hydrogen-bond acceptors (Lipinski definition) is 2. The minimum absolute atomic E-state index is 0.172. The van der Waals surface area contributed by atoms with Gasteiger partial charge in [-0.05, 0) is 71.3 Å². The number of benzene rings is 4. The van der Waals surface area contributed by atoms with Gasteiger partial charge in [-0.1, -0.05) is 78.9 Å². The van der Waals surface area contributed by atoms with Gasteiger partial charge < -0.3 is 10.4 Å². The zero-order valence-electron chi connectivity index (χ0n) is 19.1. The van der Waals surface area contributed by atoms with Crippen molar-refractivity contribution in [1.29, 1.82) is 0 Å². The lowest BCUT2D eigenvalue weighted by atomic mass is 9.76. The molecular weight excluding hydrogens is 406 g/mol. The molecule has 0 spiro atoms. The molecule has 1 aliphatic carbocycles. The Morgan fingerprint density at radius 2 is 1.73 bits per heavy atom. The molecule has 33 heavy (non-hydrogen) atoms. The molecule has 2 N–H and O–H groups in total. The first-order valence-electron chi connectivity index (χ1n) is 11.7. The largest absolute Gasteiger partial charge is 0.478 e. The van der Waals surface area contributed by atoms with Gasteiger partial charge in [0.2, 0.25) is 0 Å². The molecule has 3 nitrogen and oxygen atoms in total. The van der Waals surface area contributed by atoms with E-state index in [0.717, 1.165) is 24.0 Å². The minimum Gasteiger partial charge on any atom is -0.478 e. The highest BCUT2D eigenvalue weighted by atomic mass is 16.4. The molecule has 0 saturated carbocycles. The van der Waals surface area contributed by atoms with Crippen LogP contribution in [0, 0.1) is 6.92 Å². The van der Waals surface area contributed by atoms with E-state index in [9.17, 15) is 9.90 Å². The highest BCUT2D eigenvalue weighted by Gasteiger charge is 2.29. The monoisotopic (exact) mass is 435 g/mol.